The van der Waals surface area contributed by atoms with Crippen molar-refractivity contribution in [3.8, 4) is 0 Å². The Morgan fingerprint density at radius 2 is 1.52 bits per heavy atom. The molecule has 0 bridgehead atoms. The van der Waals surface area contributed by atoms with E-state index in [0.29, 0.717) is 0 Å². The molecule has 1 heterocycles. The molecule has 3 nitrogen and oxygen atoms in total. The van der Waals surface area contributed by atoms with Crippen LogP contribution in [0.15, 0.2) is 24.3 Å². The predicted octanol–water partition coefficient (Wildman–Crippen LogP) is 5.31. The zero-order valence-corrected chi connectivity index (χ0v) is 14.6. The summed E-state index contributed by atoms with van der Waals surface area (Å²) < 4.78 is 0. The lowest BCUT2D eigenvalue weighted by molar-refractivity contribution is 0.186. The minimum absolute atomic E-state index is 0.0285. The molecule has 1 saturated heterocycles. The molecule has 1 aromatic rings. The minimum Gasteiger partial charge on any atom is -0.325 e. The standard InChI is InChI=1S/C14H20N2O.2C2H6/c1-11-3-5-13(6-4-11)15-14(17)16-9-7-12(2)8-10-16;2*1-2/h3-6,12H,7-10H2,1-2H3,(H,15,17);2*1-2H3. The van der Waals surface area contributed by atoms with Gasteiger partial charge in [0.2, 0.25) is 0 Å². The molecule has 0 aliphatic carbocycles. The van der Waals surface area contributed by atoms with E-state index in [1.807, 2.05) is 63.8 Å². The first-order valence-corrected chi connectivity index (χ1v) is 8.28. The summed E-state index contributed by atoms with van der Waals surface area (Å²) in [6.45, 7) is 14.0. The summed E-state index contributed by atoms with van der Waals surface area (Å²) >= 11 is 0. The highest BCUT2D eigenvalue weighted by atomic mass is 16.2. The molecule has 120 valence electrons. The number of carbonyl (C=O) groups excluding carboxylic acids is 1. The summed E-state index contributed by atoms with van der Waals surface area (Å²) in [6.07, 6.45) is 2.22. The summed E-state index contributed by atoms with van der Waals surface area (Å²) in [4.78, 5) is 13.9. The van der Waals surface area contributed by atoms with Gasteiger partial charge in [-0.25, -0.2) is 4.79 Å². The van der Waals surface area contributed by atoms with Gasteiger partial charge < -0.3 is 10.2 Å². The lowest BCUT2D eigenvalue weighted by Gasteiger charge is -2.30. The summed E-state index contributed by atoms with van der Waals surface area (Å²) in [5.41, 5.74) is 2.08. The lowest BCUT2D eigenvalue weighted by atomic mass is 10.00. The molecule has 1 aliphatic rings. The molecule has 1 aliphatic heterocycles. The normalized spacial score (nSPS) is 14.3. The SMILES string of the molecule is CC.CC.Cc1ccc(NC(=O)N2CCC(C)CC2)cc1. The Labute approximate surface area is 130 Å². The molecule has 0 atom stereocenters. The van der Waals surface area contributed by atoms with Gasteiger partial charge in [0.15, 0.2) is 0 Å². The van der Waals surface area contributed by atoms with Gasteiger partial charge in [-0.05, 0) is 37.8 Å². The van der Waals surface area contributed by atoms with Crippen molar-refractivity contribution in [2.75, 3.05) is 18.4 Å². The molecule has 2 rings (SSSR count). The van der Waals surface area contributed by atoms with Crippen molar-refractivity contribution >= 4 is 11.7 Å². The second-order valence-electron chi connectivity index (χ2n) is 4.97. The van der Waals surface area contributed by atoms with Gasteiger partial charge in [0.1, 0.15) is 0 Å². The number of nitrogens with one attached hydrogen (secondary N) is 1. The Morgan fingerprint density at radius 1 is 1.05 bits per heavy atom. The van der Waals surface area contributed by atoms with Crippen molar-refractivity contribution in [3.63, 3.8) is 0 Å². The fraction of sp³-hybridized carbons (Fsp3) is 0.611. The summed E-state index contributed by atoms with van der Waals surface area (Å²) in [5.74, 6) is 0.749. The number of aryl methyl sites for hydroxylation is 1. The van der Waals surface area contributed by atoms with Crippen molar-refractivity contribution in [2.45, 2.75) is 54.4 Å². The number of urea groups is 1. The van der Waals surface area contributed by atoms with Crippen LogP contribution in [0.3, 0.4) is 0 Å². The van der Waals surface area contributed by atoms with Crippen molar-refractivity contribution < 1.29 is 4.79 Å². The molecule has 0 spiro atoms. The van der Waals surface area contributed by atoms with Crippen LogP contribution in [-0.4, -0.2) is 24.0 Å². The molecule has 2 amide bonds. The van der Waals surface area contributed by atoms with Gasteiger partial charge in [-0.1, -0.05) is 52.3 Å². The first-order chi connectivity index (χ1) is 10.1. The third-order valence-corrected chi connectivity index (χ3v) is 3.37. The van der Waals surface area contributed by atoms with Gasteiger partial charge in [0.05, 0.1) is 0 Å². The van der Waals surface area contributed by atoms with E-state index in [0.717, 1.165) is 37.5 Å². The third-order valence-electron chi connectivity index (χ3n) is 3.37. The van der Waals surface area contributed by atoms with Crippen molar-refractivity contribution in [2.24, 2.45) is 5.92 Å². The average molecular weight is 292 g/mol. The van der Waals surface area contributed by atoms with Gasteiger partial charge in [0, 0.05) is 18.8 Å². The molecule has 1 aromatic carbocycles. The van der Waals surface area contributed by atoms with Crippen LogP contribution in [0.2, 0.25) is 0 Å². The largest absolute Gasteiger partial charge is 0.325 e. The van der Waals surface area contributed by atoms with E-state index < -0.39 is 0 Å². The van der Waals surface area contributed by atoms with E-state index >= 15 is 0 Å². The molecular formula is C18H32N2O. The van der Waals surface area contributed by atoms with E-state index in [-0.39, 0.29) is 6.03 Å². The van der Waals surface area contributed by atoms with Gasteiger partial charge >= 0.3 is 6.03 Å². The Kier molecular flexibility index (Phi) is 10.4. The first kappa shape index (κ1) is 19.5. The van der Waals surface area contributed by atoms with E-state index in [4.69, 9.17) is 0 Å². The van der Waals surface area contributed by atoms with E-state index in [9.17, 15) is 4.79 Å². The molecule has 3 heteroatoms. The van der Waals surface area contributed by atoms with Crippen LogP contribution in [0.25, 0.3) is 0 Å². The number of piperidine rings is 1. The number of benzene rings is 1. The highest BCUT2D eigenvalue weighted by molar-refractivity contribution is 5.89. The van der Waals surface area contributed by atoms with E-state index in [1.165, 1.54) is 5.56 Å². The molecule has 0 aromatic heterocycles. The number of carbonyl (C=O) groups is 1. The molecule has 1 N–H and O–H groups in total. The summed E-state index contributed by atoms with van der Waals surface area (Å²) in [6, 6.07) is 7.93. The topological polar surface area (TPSA) is 32.3 Å². The van der Waals surface area contributed by atoms with Crippen LogP contribution in [0, 0.1) is 12.8 Å². The number of amides is 2. The Hall–Kier alpha value is -1.51. The molecule has 0 unspecified atom stereocenters. The molecule has 21 heavy (non-hydrogen) atoms. The zero-order chi connectivity index (χ0) is 16.3. The second-order valence-corrected chi connectivity index (χ2v) is 4.97. The molecule has 1 fully saturated rings. The maximum absolute atomic E-state index is 12.0. The molecular weight excluding hydrogens is 260 g/mol. The fourth-order valence-electron chi connectivity index (χ4n) is 2.05. The highest BCUT2D eigenvalue weighted by Gasteiger charge is 2.19. The minimum atomic E-state index is 0.0285. The highest BCUT2D eigenvalue weighted by Crippen LogP contribution is 2.17. The Bertz CT molecular complexity index is 379. The van der Waals surface area contributed by atoms with Crippen LogP contribution >= 0.6 is 0 Å². The quantitative estimate of drug-likeness (QED) is 0.747. The lowest BCUT2D eigenvalue weighted by Crippen LogP contribution is -2.40. The predicted molar refractivity (Wildman–Crippen MR) is 92.9 cm³/mol. The van der Waals surface area contributed by atoms with E-state index in [2.05, 4.69) is 12.2 Å². The second kappa shape index (κ2) is 11.2. The van der Waals surface area contributed by atoms with Crippen LogP contribution < -0.4 is 5.32 Å². The Morgan fingerprint density at radius 3 is 2.00 bits per heavy atom. The maximum atomic E-state index is 12.0. The number of nitrogens with zero attached hydrogens (tertiary/aromatic N) is 1. The number of likely N-dealkylation sites (tertiary alicyclic amines) is 1. The van der Waals surface area contributed by atoms with Gasteiger partial charge in [-0.2, -0.15) is 0 Å². The van der Waals surface area contributed by atoms with Crippen LogP contribution in [0.4, 0.5) is 10.5 Å². The monoisotopic (exact) mass is 292 g/mol. The van der Waals surface area contributed by atoms with E-state index in [1.54, 1.807) is 0 Å². The molecule has 0 radical (unpaired) electrons. The first-order valence-electron chi connectivity index (χ1n) is 8.28. The Balaban J connectivity index is 0.000000921. The van der Waals surface area contributed by atoms with Gasteiger partial charge in [-0.15, -0.1) is 0 Å². The van der Waals surface area contributed by atoms with Gasteiger partial charge in [-0.3, -0.25) is 0 Å². The number of hydrogen-bond acceptors (Lipinski definition) is 1. The third kappa shape index (κ3) is 7.16. The zero-order valence-electron chi connectivity index (χ0n) is 14.6. The average Bonchev–Trinajstić information content (AvgIpc) is 2.54. The fourth-order valence-corrected chi connectivity index (χ4v) is 2.05. The molecule has 0 saturated carbocycles. The van der Waals surface area contributed by atoms with Crippen molar-refractivity contribution in [1.82, 2.24) is 4.90 Å². The van der Waals surface area contributed by atoms with Crippen molar-refractivity contribution in [3.05, 3.63) is 29.8 Å². The van der Waals surface area contributed by atoms with Crippen LogP contribution in [0.5, 0.6) is 0 Å². The van der Waals surface area contributed by atoms with Crippen LogP contribution in [-0.2, 0) is 0 Å². The number of rotatable bonds is 1. The van der Waals surface area contributed by atoms with Crippen molar-refractivity contribution in [1.29, 1.82) is 0 Å². The maximum Gasteiger partial charge on any atom is 0.321 e. The number of anilines is 1. The smallest absolute Gasteiger partial charge is 0.321 e. The number of hydrogen-bond donors (Lipinski definition) is 1. The summed E-state index contributed by atoms with van der Waals surface area (Å²) in [7, 11) is 0. The van der Waals surface area contributed by atoms with Gasteiger partial charge in [0.25, 0.3) is 0 Å². The summed E-state index contributed by atoms with van der Waals surface area (Å²) in [5, 5.41) is 2.94. The van der Waals surface area contributed by atoms with Crippen LogP contribution in [0.1, 0.15) is 53.0 Å².